The van der Waals surface area contributed by atoms with Gasteiger partial charge in [-0.1, -0.05) is 33.6 Å². The highest BCUT2D eigenvalue weighted by Gasteiger charge is 2.33. The van der Waals surface area contributed by atoms with Crippen LogP contribution in [0.2, 0.25) is 0 Å². The Hall–Kier alpha value is -0.610. The third-order valence-electron chi connectivity index (χ3n) is 4.44. The Bertz CT molecular complexity index is 333. The van der Waals surface area contributed by atoms with Gasteiger partial charge in [-0.05, 0) is 24.7 Å². The topological polar surface area (TPSA) is 58.4 Å². The van der Waals surface area contributed by atoms with E-state index in [-0.39, 0.29) is 11.3 Å². The van der Waals surface area contributed by atoms with Crippen molar-refractivity contribution in [1.29, 1.82) is 0 Å². The molecule has 1 saturated carbocycles. The number of hydrogen-bond acceptors (Lipinski definition) is 3. The van der Waals surface area contributed by atoms with Crippen LogP contribution in [0.4, 0.5) is 0 Å². The molecule has 1 aliphatic carbocycles. The van der Waals surface area contributed by atoms with Crippen molar-refractivity contribution in [3.63, 3.8) is 0 Å². The summed E-state index contributed by atoms with van der Waals surface area (Å²) in [6, 6.07) is 0.297. The van der Waals surface area contributed by atoms with Gasteiger partial charge in [0.05, 0.1) is 0 Å². The highest BCUT2D eigenvalue weighted by Crippen LogP contribution is 2.37. The van der Waals surface area contributed by atoms with Gasteiger partial charge in [-0.25, -0.2) is 0 Å². The minimum absolute atomic E-state index is 0.169. The van der Waals surface area contributed by atoms with Crippen LogP contribution in [0.3, 0.4) is 0 Å². The maximum Gasteiger partial charge on any atom is 0.225 e. The van der Waals surface area contributed by atoms with Crippen molar-refractivity contribution in [2.75, 3.05) is 26.2 Å². The number of likely N-dealkylation sites (tertiary alicyclic amines) is 1. The SMILES string of the molecule is CC(C)(C)C(=O)NC1CC(CC2CC2)CN(CCN)C1. The maximum absolute atomic E-state index is 12.2. The number of nitrogens with two attached hydrogens (primary N) is 1. The molecule has 0 bridgehead atoms. The number of nitrogens with one attached hydrogen (secondary N) is 1. The van der Waals surface area contributed by atoms with E-state index in [2.05, 4.69) is 10.2 Å². The maximum atomic E-state index is 12.2. The monoisotopic (exact) mass is 281 g/mol. The molecule has 1 heterocycles. The molecular weight excluding hydrogens is 250 g/mol. The van der Waals surface area contributed by atoms with Gasteiger partial charge in [-0.15, -0.1) is 0 Å². The van der Waals surface area contributed by atoms with Gasteiger partial charge in [0, 0.05) is 37.6 Å². The molecule has 116 valence electrons. The van der Waals surface area contributed by atoms with Gasteiger partial charge in [-0.2, -0.15) is 0 Å². The molecule has 3 N–H and O–H groups in total. The Morgan fingerprint density at radius 2 is 1.95 bits per heavy atom. The molecule has 1 saturated heterocycles. The Morgan fingerprint density at radius 1 is 1.25 bits per heavy atom. The Morgan fingerprint density at radius 3 is 2.50 bits per heavy atom. The van der Waals surface area contributed by atoms with Crippen LogP contribution in [-0.4, -0.2) is 43.0 Å². The Kier molecular flexibility index (Phi) is 5.08. The fraction of sp³-hybridized carbons (Fsp3) is 0.938. The van der Waals surface area contributed by atoms with Crippen LogP contribution < -0.4 is 11.1 Å². The number of amides is 1. The summed E-state index contributed by atoms with van der Waals surface area (Å²) < 4.78 is 0. The second kappa shape index (κ2) is 6.44. The molecule has 4 heteroatoms. The summed E-state index contributed by atoms with van der Waals surface area (Å²) in [5.74, 6) is 1.85. The molecule has 2 fully saturated rings. The Labute approximate surface area is 123 Å². The van der Waals surface area contributed by atoms with Gasteiger partial charge >= 0.3 is 0 Å². The lowest BCUT2D eigenvalue weighted by Crippen LogP contribution is -2.53. The quantitative estimate of drug-likeness (QED) is 0.805. The molecule has 0 aromatic carbocycles. The zero-order chi connectivity index (χ0) is 14.8. The van der Waals surface area contributed by atoms with Crippen LogP contribution in [0.25, 0.3) is 0 Å². The first kappa shape index (κ1) is 15.8. The van der Waals surface area contributed by atoms with Crippen molar-refractivity contribution in [1.82, 2.24) is 10.2 Å². The molecule has 2 rings (SSSR count). The molecular formula is C16H31N3O. The molecule has 1 amide bonds. The standard InChI is InChI=1S/C16H31N3O/c1-16(2,3)15(20)18-14-9-13(8-12-4-5-12)10-19(11-14)7-6-17/h12-14H,4-11,17H2,1-3H3,(H,18,20). The van der Waals surface area contributed by atoms with Crippen LogP contribution in [0, 0.1) is 17.3 Å². The normalized spacial score (nSPS) is 28.4. The molecule has 2 aliphatic rings. The second-order valence-electron chi connectivity index (χ2n) is 7.75. The lowest BCUT2D eigenvalue weighted by Gasteiger charge is -2.39. The molecule has 4 nitrogen and oxygen atoms in total. The van der Waals surface area contributed by atoms with Gasteiger partial charge < -0.3 is 11.1 Å². The van der Waals surface area contributed by atoms with Gasteiger partial charge in [0.1, 0.15) is 0 Å². The minimum atomic E-state index is -0.303. The number of hydrogen-bond donors (Lipinski definition) is 2. The van der Waals surface area contributed by atoms with E-state index in [9.17, 15) is 4.79 Å². The van der Waals surface area contributed by atoms with E-state index in [1.807, 2.05) is 20.8 Å². The molecule has 1 aliphatic heterocycles. The van der Waals surface area contributed by atoms with Crippen molar-refractivity contribution in [2.24, 2.45) is 23.0 Å². The summed E-state index contributed by atoms with van der Waals surface area (Å²) in [5.41, 5.74) is 5.40. The first-order chi connectivity index (χ1) is 9.38. The molecule has 0 radical (unpaired) electrons. The smallest absolute Gasteiger partial charge is 0.225 e. The van der Waals surface area contributed by atoms with Crippen LogP contribution in [0.15, 0.2) is 0 Å². The summed E-state index contributed by atoms with van der Waals surface area (Å²) in [6.07, 6.45) is 5.29. The molecule has 20 heavy (non-hydrogen) atoms. The van der Waals surface area contributed by atoms with Crippen molar-refractivity contribution in [3.05, 3.63) is 0 Å². The van der Waals surface area contributed by atoms with E-state index in [4.69, 9.17) is 5.73 Å². The van der Waals surface area contributed by atoms with Gasteiger partial charge in [0.25, 0.3) is 0 Å². The van der Waals surface area contributed by atoms with E-state index in [0.717, 1.165) is 37.9 Å². The summed E-state index contributed by atoms with van der Waals surface area (Å²) in [6.45, 7) is 9.70. The molecule has 0 spiro atoms. The van der Waals surface area contributed by atoms with Gasteiger partial charge in [0.15, 0.2) is 0 Å². The predicted octanol–water partition coefficient (Wildman–Crippen LogP) is 1.60. The van der Waals surface area contributed by atoms with Crippen LogP contribution in [0.5, 0.6) is 0 Å². The van der Waals surface area contributed by atoms with Crippen molar-refractivity contribution >= 4 is 5.91 Å². The first-order valence-corrected chi connectivity index (χ1v) is 8.12. The summed E-state index contributed by atoms with van der Waals surface area (Å²) >= 11 is 0. The zero-order valence-corrected chi connectivity index (χ0v) is 13.3. The third kappa shape index (κ3) is 4.74. The molecule has 2 unspecified atom stereocenters. The number of piperidine rings is 1. The fourth-order valence-electron chi connectivity index (χ4n) is 3.17. The molecule has 2 atom stereocenters. The fourth-order valence-corrected chi connectivity index (χ4v) is 3.17. The van der Waals surface area contributed by atoms with Gasteiger partial charge in [0.2, 0.25) is 5.91 Å². The summed E-state index contributed by atoms with van der Waals surface area (Å²) in [4.78, 5) is 14.6. The third-order valence-corrected chi connectivity index (χ3v) is 4.44. The van der Waals surface area contributed by atoms with Crippen molar-refractivity contribution < 1.29 is 4.79 Å². The van der Waals surface area contributed by atoms with Crippen LogP contribution in [-0.2, 0) is 4.79 Å². The average molecular weight is 281 g/mol. The van der Waals surface area contributed by atoms with E-state index in [1.54, 1.807) is 0 Å². The lowest BCUT2D eigenvalue weighted by atomic mass is 9.88. The van der Waals surface area contributed by atoms with Gasteiger partial charge in [-0.3, -0.25) is 9.69 Å². The average Bonchev–Trinajstić information content (AvgIpc) is 3.11. The molecule has 0 aromatic heterocycles. The van der Waals surface area contributed by atoms with E-state index < -0.39 is 0 Å². The van der Waals surface area contributed by atoms with E-state index in [1.165, 1.54) is 19.3 Å². The lowest BCUT2D eigenvalue weighted by molar-refractivity contribution is -0.129. The number of nitrogens with zero attached hydrogens (tertiary/aromatic N) is 1. The summed E-state index contributed by atoms with van der Waals surface area (Å²) in [7, 11) is 0. The minimum Gasteiger partial charge on any atom is -0.352 e. The highest BCUT2D eigenvalue weighted by atomic mass is 16.2. The largest absolute Gasteiger partial charge is 0.352 e. The van der Waals surface area contributed by atoms with Crippen LogP contribution >= 0.6 is 0 Å². The predicted molar refractivity (Wildman–Crippen MR) is 82.3 cm³/mol. The highest BCUT2D eigenvalue weighted by molar-refractivity contribution is 5.81. The number of carbonyl (C=O) groups excluding carboxylic acids is 1. The second-order valence-corrected chi connectivity index (χ2v) is 7.75. The van der Waals surface area contributed by atoms with E-state index >= 15 is 0 Å². The number of rotatable bonds is 5. The van der Waals surface area contributed by atoms with E-state index in [0.29, 0.717) is 12.6 Å². The Balaban J connectivity index is 1.90. The van der Waals surface area contributed by atoms with Crippen LogP contribution in [0.1, 0.15) is 46.5 Å². The molecule has 0 aromatic rings. The number of carbonyl (C=O) groups is 1. The zero-order valence-electron chi connectivity index (χ0n) is 13.3. The first-order valence-electron chi connectivity index (χ1n) is 8.12. The summed E-state index contributed by atoms with van der Waals surface area (Å²) in [5, 5.41) is 3.25. The van der Waals surface area contributed by atoms with Crippen molar-refractivity contribution in [2.45, 2.75) is 52.5 Å². The van der Waals surface area contributed by atoms with Crippen molar-refractivity contribution in [3.8, 4) is 0 Å².